The predicted octanol–water partition coefficient (Wildman–Crippen LogP) is 2.11. The van der Waals surface area contributed by atoms with Gasteiger partial charge in [-0.25, -0.2) is 8.42 Å². The maximum atomic E-state index is 12.3. The molecule has 0 saturated carbocycles. The first kappa shape index (κ1) is 15.2. The third-order valence-corrected chi connectivity index (χ3v) is 3.96. The predicted molar refractivity (Wildman–Crippen MR) is 78.4 cm³/mol. The molecular formula is C15H15NO4S. The first-order chi connectivity index (χ1) is 9.91. The molecule has 2 rings (SSSR count). The van der Waals surface area contributed by atoms with Gasteiger partial charge in [-0.05, 0) is 37.3 Å². The van der Waals surface area contributed by atoms with E-state index >= 15 is 0 Å². The Bertz CT molecular complexity index is 751. The number of rotatable bonds is 5. The summed E-state index contributed by atoms with van der Waals surface area (Å²) >= 11 is 0. The van der Waals surface area contributed by atoms with Gasteiger partial charge in [-0.3, -0.25) is 9.78 Å². The highest BCUT2D eigenvalue weighted by Gasteiger charge is 2.12. The van der Waals surface area contributed by atoms with E-state index in [0.29, 0.717) is 23.5 Å². The molecule has 0 aliphatic heterocycles. The fourth-order valence-electron chi connectivity index (χ4n) is 1.81. The van der Waals surface area contributed by atoms with Gasteiger partial charge in [0, 0.05) is 23.6 Å². The van der Waals surface area contributed by atoms with E-state index in [4.69, 9.17) is 4.74 Å². The number of nitrogens with zero attached hydrogens (tertiary/aromatic N) is 1. The van der Waals surface area contributed by atoms with Crippen LogP contribution < -0.4 is 4.74 Å². The summed E-state index contributed by atoms with van der Waals surface area (Å²) in [6.45, 7) is 2.33. The van der Waals surface area contributed by atoms with E-state index in [2.05, 4.69) is 4.98 Å². The van der Waals surface area contributed by atoms with Gasteiger partial charge in [0.25, 0.3) is 0 Å². The quantitative estimate of drug-likeness (QED) is 0.791. The summed E-state index contributed by atoms with van der Waals surface area (Å²) in [6, 6.07) is 7.44. The molecule has 0 fully saturated rings. The normalized spacial score (nSPS) is 11.1. The van der Waals surface area contributed by atoms with Crippen LogP contribution in [-0.4, -0.2) is 32.0 Å². The van der Waals surface area contributed by atoms with Crippen LogP contribution in [0.2, 0.25) is 0 Å². The molecule has 0 aliphatic rings. The second kappa shape index (κ2) is 6.05. The largest absolute Gasteiger partial charge is 0.492 e. The Hall–Kier alpha value is -2.21. The minimum atomic E-state index is -3.27. The van der Waals surface area contributed by atoms with Gasteiger partial charge >= 0.3 is 0 Å². The molecule has 2 aromatic rings. The molecule has 1 aromatic heterocycles. The van der Waals surface area contributed by atoms with Gasteiger partial charge < -0.3 is 4.74 Å². The summed E-state index contributed by atoms with van der Waals surface area (Å²) in [5.41, 5.74) is 0.797. The molecule has 0 saturated heterocycles. The average molecular weight is 305 g/mol. The lowest BCUT2D eigenvalue weighted by molar-refractivity contribution is 0.103. The van der Waals surface area contributed by atoms with Gasteiger partial charge in [0.15, 0.2) is 15.6 Å². The van der Waals surface area contributed by atoms with Crippen molar-refractivity contribution in [1.29, 1.82) is 0 Å². The molecule has 0 radical (unpaired) electrons. The molecule has 21 heavy (non-hydrogen) atoms. The molecule has 1 aromatic carbocycles. The number of carbonyl (C=O) groups excluding carboxylic acids is 1. The zero-order valence-corrected chi connectivity index (χ0v) is 12.6. The fourth-order valence-corrected chi connectivity index (χ4v) is 2.44. The first-order valence-electron chi connectivity index (χ1n) is 6.34. The van der Waals surface area contributed by atoms with E-state index in [0.717, 1.165) is 6.26 Å². The molecule has 1 heterocycles. The topological polar surface area (TPSA) is 73.3 Å². The van der Waals surface area contributed by atoms with Crippen LogP contribution in [0.15, 0.2) is 47.6 Å². The molecule has 0 amide bonds. The van der Waals surface area contributed by atoms with Crippen LogP contribution in [0.5, 0.6) is 5.75 Å². The van der Waals surface area contributed by atoms with Crippen molar-refractivity contribution in [3.05, 3.63) is 53.9 Å². The van der Waals surface area contributed by atoms with E-state index < -0.39 is 9.84 Å². The molecule has 0 aliphatic carbocycles. The summed E-state index contributed by atoms with van der Waals surface area (Å²) in [7, 11) is -3.27. The Morgan fingerprint density at radius 1 is 1.14 bits per heavy atom. The lowest BCUT2D eigenvalue weighted by atomic mass is 10.1. The number of ketones is 1. The van der Waals surface area contributed by atoms with Crippen molar-refractivity contribution in [2.75, 3.05) is 12.9 Å². The van der Waals surface area contributed by atoms with Crippen LogP contribution in [-0.2, 0) is 9.84 Å². The highest BCUT2D eigenvalue weighted by atomic mass is 32.2. The monoisotopic (exact) mass is 305 g/mol. The summed E-state index contributed by atoms with van der Waals surface area (Å²) in [5.74, 6) is 0.292. The fraction of sp³-hybridized carbons (Fsp3) is 0.200. The molecule has 110 valence electrons. The number of carbonyl (C=O) groups is 1. The van der Waals surface area contributed by atoms with E-state index in [1.807, 2.05) is 6.92 Å². The van der Waals surface area contributed by atoms with E-state index in [1.54, 1.807) is 6.07 Å². The standard InChI is InChI=1S/C15H15NO4S/c1-3-20-13-8-12(9-16-10-13)15(17)11-4-6-14(7-5-11)21(2,18)19/h4-10H,3H2,1-2H3. The van der Waals surface area contributed by atoms with Crippen molar-refractivity contribution < 1.29 is 17.9 Å². The van der Waals surface area contributed by atoms with Gasteiger partial charge in [-0.2, -0.15) is 0 Å². The smallest absolute Gasteiger partial charge is 0.194 e. The lowest BCUT2D eigenvalue weighted by Gasteiger charge is -2.05. The van der Waals surface area contributed by atoms with Crippen molar-refractivity contribution in [3.8, 4) is 5.75 Å². The first-order valence-corrected chi connectivity index (χ1v) is 8.23. The second-order valence-corrected chi connectivity index (χ2v) is 6.48. The summed E-state index contributed by atoms with van der Waals surface area (Å²) in [6.07, 6.45) is 4.11. The van der Waals surface area contributed by atoms with Crippen LogP contribution in [0.1, 0.15) is 22.8 Å². The van der Waals surface area contributed by atoms with Crippen LogP contribution >= 0.6 is 0 Å². The number of aromatic nitrogens is 1. The van der Waals surface area contributed by atoms with Crippen LogP contribution in [0, 0.1) is 0 Å². The molecule has 0 unspecified atom stereocenters. The van der Waals surface area contributed by atoms with Gasteiger partial charge in [0.1, 0.15) is 5.75 Å². The molecule has 0 bridgehead atoms. The van der Waals surface area contributed by atoms with E-state index in [1.165, 1.54) is 36.7 Å². The van der Waals surface area contributed by atoms with Crippen LogP contribution in [0.3, 0.4) is 0 Å². The number of ether oxygens (including phenoxy) is 1. The van der Waals surface area contributed by atoms with Gasteiger partial charge in [-0.1, -0.05) is 0 Å². The van der Waals surface area contributed by atoms with Gasteiger partial charge in [-0.15, -0.1) is 0 Å². The zero-order chi connectivity index (χ0) is 15.5. The SMILES string of the molecule is CCOc1cncc(C(=O)c2ccc(S(C)(=O)=O)cc2)c1. The summed E-state index contributed by atoms with van der Waals surface area (Å²) in [4.78, 5) is 16.5. The number of hydrogen-bond donors (Lipinski definition) is 0. The number of pyridine rings is 1. The highest BCUT2D eigenvalue weighted by molar-refractivity contribution is 7.90. The maximum absolute atomic E-state index is 12.3. The third kappa shape index (κ3) is 3.66. The molecule has 0 atom stereocenters. The minimum absolute atomic E-state index is 0.181. The molecule has 6 heteroatoms. The Labute approximate surface area is 123 Å². The van der Waals surface area contributed by atoms with E-state index in [-0.39, 0.29) is 10.7 Å². The molecule has 0 N–H and O–H groups in total. The number of sulfone groups is 1. The van der Waals surface area contributed by atoms with Gasteiger partial charge in [0.05, 0.1) is 17.7 Å². The third-order valence-electron chi connectivity index (χ3n) is 2.83. The second-order valence-electron chi connectivity index (χ2n) is 4.47. The summed E-state index contributed by atoms with van der Waals surface area (Å²) < 4.78 is 28.1. The van der Waals surface area contributed by atoms with Crippen LogP contribution in [0.4, 0.5) is 0 Å². The van der Waals surface area contributed by atoms with Crippen molar-refractivity contribution in [2.24, 2.45) is 0 Å². The molecule has 0 spiro atoms. The summed E-state index contributed by atoms with van der Waals surface area (Å²) in [5, 5.41) is 0. The number of benzene rings is 1. The van der Waals surface area contributed by atoms with Crippen LogP contribution in [0.25, 0.3) is 0 Å². The van der Waals surface area contributed by atoms with E-state index in [9.17, 15) is 13.2 Å². The van der Waals surface area contributed by atoms with Crippen molar-refractivity contribution in [3.63, 3.8) is 0 Å². The average Bonchev–Trinajstić information content (AvgIpc) is 2.46. The Morgan fingerprint density at radius 3 is 2.38 bits per heavy atom. The van der Waals surface area contributed by atoms with Gasteiger partial charge in [0.2, 0.25) is 0 Å². The molecular weight excluding hydrogens is 290 g/mol. The van der Waals surface area contributed by atoms with Crippen molar-refractivity contribution in [2.45, 2.75) is 11.8 Å². The minimum Gasteiger partial charge on any atom is -0.492 e. The maximum Gasteiger partial charge on any atom is 0.194 e. The Kier molecular flexibility index (Phi) is 4.37. The number of hydrogen-bond acceptors (Lipinski definition) is 5. The van der Waals surface area contributed by atoms with Crippen molar-refractivity contribution >= 4 is 15.6 Å². The Morgan fingerprint density at radius 2 is 1.81 bits per heavy atom. The molecule has 5 nitrogen and oxygen atoms in total. The highest BCUT2D eigenvalue weighted by Crippen LogP contribution is 2.17. The Balaban J connectivity index is 2.30. The lowest BCUT2D eigenvalue weighted by Crippen LogP contribution is -2.04. The zero-order valence-electron chi connectivity index (χ0n) is 11.7. The van der Waals surface area contributed by atoms with Crippen molar-refractivity contribution in [1.82, 2.24) is 4.98 Å².